The third-order valence-corrected chi connectivity index (χ3v) is 16.3. The van der Waals surface area contributed by atoms with E-state index in [-0.39, 0.29) is 32.5 Å². The van der Waals surface area contributed by atoms with E-state index in [0.29, 0.717) is 0 Å². The number of anilines is 9. The Morgan fingerprint density at radius 1 is 0.307 bits per heavy atom. The Bertz CT molecular complexity index is 3230. The maximum absolute atomic E-state index is 4.47. The minimum absolute atomic E-state index is 0.0110. The van der Waals surface area contributed by atoms with Gasteiger partial charge in [-0.15, -0.1) is 0 Å². The van der Waals surface area contributed by atoms with E-state index in [0.717, 1.165) is 55.7 Å². The van der Waals surface area contributed by atoms with Crippen LogP contribution in [0.15, 0.2) is 180 Å². The van der Waals surface area contributed by atoms with Crippen LogP contribution < -0.4 is 14.7 Å². The minimum atomic E-state index is -0.210. The molecule has 0 saturated heterocycles. The Labute approximate surface area is 459 Å². The average Bonchev–Trinajstić information content (AvgIpc) is 3.61. The van der Waals surface area contributed by atoms with Gasteiger partial charge in [-0.3, -0.25) is 0 Å². The zero-order valence-electron chi connectivity index (χ0n) is 48.0. The fourth-order valence-corrected chi connectivity index (χ4v) is 11.4. The highest BCUT2D eigenvalue weighted by Crippen LogP contribution is 2.57. The molecule has 0 radical (unpaired) electrons. The zero-order valence-corrected chi connectivity index (χ0v) is 49.5. The molecule has 386 valence electrons. The van der Waals surface area contributed by atoms with Gasteiger partial charge in [0, 0.05) is 45.1 Å². The van der Waals surface area contributed by atoms with Crippen molar-refractivity contribution in [2.75, 3.05) is 14.7 Å². The fourth-order valence-electron chi connectivity index (χ4n) is 10.8. The summed E-state index contributed by atoms with van der Waals surface area (Å²) in [7, 11) is 0. The molecule has 0 atom stereocenters. The zero-order chi connectivity index (χ0) is 54.2. The molecule has 0 aromatic heterocycles. The second kappa shape index (κ2) is 19.3. The first-order valence-corrected chi connectivity index (χ1v) is 27.8. The molecular weight excluding hydrogens is 975 g/mol. The Hall–Kier alpha value is -6.36. The molecule has 1 aliphatic rings. The molecule has 8 aromatic carbocycles. The van der Waals surface area contributed by atoms with E-state index in [1.807, 2.05) is 0 Å². The molecule has 75 heavy (non-hydrogen) atoms. The SMILES string of the molecule is CC(C)(C)c1ccc(N(c2ccc(C(C)(C)C)cc2)c2cccc(N(c3cc(C(C)(C)C)cc(N(c4ccc(C(C)(C)C)cc4)c4ccc(C(C)(C)C)cc4)c3Br)c3cccc4c3-c3ccccc3C4(C)C)c2)cc1. The van der Waals surface area contributed by atoms with Gasteiger partial charge in [-0.25, -0.2) is 0 Å². The lowest BCUT2D eigenvalue weighted by molar-refractivity contribution is 0.589. The van der Waals surface area contributed by atoms with Crippen molar-refractivity contribution in [3.8, 4) is 11.1 Å². The summed E-state index contributed by atoms with van der Waals surface area (Å²) >= 11 is 4.47. The normalized spacial score (nSPS) is 13.6. The van der Waals surface area contributed by atoms with Crippen molar-refractivity contribution >= 4 is 67.1 Å². The molecule has 9 rings (SSSR count). The van der Waals surface area contributed by atoms with Gasteiger partial charge in [0.1, 0.15) is 0 Å². The summed E-state index contributed by atoms with van der Waals surface area (Å²) in [6, 6.07) is 66.8. The first kappa shape index (κ1) is 53.5. The molecule has 0 unspecified atom stereocenters. The molecule has 0 aliphatic heterocycles. The van der Waals surface area contributed by atoms with Gasteiger partial charge in [0.25, 0.3) is 0 Å². The third kappa shape index (κ3) is 10.5. The first-order valence-electron chi connectivity index (χ1n) is 27.0. The number of halogens is 1. The summed E-state index contributed by atoms with van der Waals surface area (Å²) in [6.07, 6.45) is 0. The summed E-state index contributed by atoms with van der Waals surface area (Å²) in [5.74, 6) is 0. The number of nitrogens with zero attached hydrogens (tertiary/aromatic N) is 3. The quantitative estimate of drug-likeness (QED) is 0.143. The molecule has 0 N–H and O–H groups in total. The second-order valence-corrected chi connectivity index (χ2v) is 27.5. The van der Waals surface area contributed by atoms with E-state index < -0.39 is 0 Å². The number of hydrogen-bond acceptors (Lipinski definition) is 3. The summed E-state index contributed by atoms with van der Waals surface area (Å²) in [6.45, 7) is 39.2. The monoisotopic (exact) mass is 1050 g/mol. The Morgan fingerprint density at radius 3 is 1.07 bits per heavy atom. The molecule has 0 heterocycles. The topological polar surface area (TPSA) is 9.72 Å². The van der Waals surface area contributed by atoms with E-state index in [4.69, 9.17) is 0 Å². The van der Waals surface area contributed by atoms with Crippen LogP contribution in [0.5, 0.6) is 0 Å². The number of fused-ring (bicyclic) bond motifs is 3. The van der Waals surface area contributed by atoms with Crippen LogP contribution in [0.25, 0.3) is 11.1 Å². The van der Waals surface area contributed by atoms with Crippen LogP contribution in [0.3, 0.4) is 0 Å². The first-order chi connectivity index (χ1) is 35.0. The van der Waals surface area contributed by atoms with Crippen molar-refractivity contribution in [2.24, 2.45) is 0 Å². The molecule has 4 heteroatoms. The van der Waals surface area contributed by atoms with Crippen molar-refractivity contribution in [3.63, 3.8) is 0 Å². The lowest BCUT2D eigenvalue weighted by Gasteiger charge is -2.35. The van der Waals surface area contributed by atoms with Gasteiger partial charge in [-0.2, -0.15) is 0 Å². The maximum atomic E-state index is 4.47. The van der Waals surface area contributed by atoms with Crippen LogP contribution >= 0.6 is 15.9 Å². The van der Waals surface area contributed by atoms with Crippen LogP contribution in [0.2, 0.25) is 0 Å². The molecule has 0 bridgehead atoms. The highest BCUT2D eigenvalue weighted by molar-refractivity contribution is 9.10. The van der Waals surface area contributed by atoms with Gasteiger partial charge in [-0.1, -0.05) is 209 Å². The van der Waals surface area contributed by atoms with Gasteiger partial charge >= 0.3 is 0 Å². The Morgan fingerprint density at radius 2 is 0.653 bits per heavy atom. The van der Waals surface area contributed by atoms with Crippen LogP contribution in [-0.2, 0) is 32.5 Å². The molecule has 8 aromatic rings. The molecule has 0 fully saturated rings. The fraction of sp³-hybridized carbons (Fsp3) is 0.324. The van der Waals surface area contributed by atoms with Crippen molar-refractivity contribution in [1.29, 1.82) is 0 Å². The minimum Gasteiger partial charge on any atom is -0.310 e. The van der Waals surface area contributed by atoms with E-state index in [1.54, 1.807) is 0 Å². The molecule has 0 spiro atoms. The summed E-state index contributed by atoms with van der Waals surface area (Å²) in [5, 5.41) is 0. The Kier molecular flexibility index (Phi) is 13.8. The van der Waals surface area contributed by atoms with Gasteiger partial charge in [0.15, 0.2) is 0 Å². The summed E-state index contributed by atoms with van der Waals surface area (Å²) in [5.41, 5.74) is 21.1. The number of hydrogen-bond donors (Lipinski definition) is 0. The largest absolute Gasteiger partial charge is 0.310 e. The van der Waals surface area contributed by atoms with E-state index in [2.05, 4.69) is 324 Å². The predicted molar refractivity (Wildman–Crippen MR) is 329 cm³/mol. The Balaban J connectivity index is 1.34. The molecule has 0 amide bonds. The highest BCUT2D eigenvalue weighted by atomic mass is 79.9. The van der Waals surface area contributed by atoms with Crippen molar-refractivity contribution in [3.05, 3.63) is 219 Å². The van der Waals surface area contributed by atoms with E-state index >= 15 is 0 Å². The summed E-state index contributed by atoms with van der Waals surface area (Å²) in [4.78, 5) is 7.41. The van der Waals surface area contributed by atoms with Gasteiger partial charge in [0.2, 0.25) is 0 Å². The molecular formula is C71H80BrN3. The standard InChI is InChI=1S/C71H80BrN3/c1-66(2,3)47-28-36-52(37-29-47)73(53-38-30-48(31-39-53)67(4,5)6)56-22-20-23-57(46-56)75(61-27-21-26-60-64(61)58-24-18-19-25-59(58)71(60,16)17)63-45-51(70(13,14)15)44-62(65(63)72)74(54-40-32-49(33-41-54)68(7,8)9)55-42-34-50(35-43-55)69(10,11)12/h18-46H,1-17H3. The van der Waals surface area contributed by atoms with Crippen molar-refractivity contribution < 1.29 is 0 Å². The van der Waals surface area contributed by atoms with Gasteiger partial charge in [0.05, 0.1) is 21.5 Å². The molecule has 3 nitrogen and oxygen atoms in total. The van der Waals surface area contributed by atoms with Crippen molar-refractivity contribution in [1.82, 2.24) is 0 Å². The van der Waals surface area contributed by atoms with E-state index in [9.17, 15) is 0 Å². The lowest BCUT2D eigenvalue weighted by Crippen LogP contribution is -2.20. The van der Waals surface area contributed by atoms with Gasteiger partial charge in [-0.05, 0) is 172 Å². The smallest absolute Gasteiger partial charge is 0.0657 e. The van der Waals surface area contributed by atoms with Crippen molar-refractivity contribution in [2.45, 2.75) is 150 Å². The molecule has 0 saturated carbocycles. The van der Waals surface area contributed by atoms with Crippen LogP contribution in [0, 0.1) is 0 Å². The van der Waals surface area contributed by atoms with Gasteiger partial charge < -0.3 is 14.7 Å². The van der Waals surface area contributed by atoms with Crippen LogP contribution in [-0.4, -0.2) is 0 Å². The molecule has 1 aliphatic carbocycles. The number of benzene rings is 8. The number of rotatable bonds is 9. The highest BCUT2D eigenvalue weighted by Gasteiger charge is 2.39. The second-order valence-electron chi connectivity index (χ2n) is 26.7. The summed E-state index contributed by atoms with van der Waals surface area (Å²) < 4.78 is 0.997. The lowest BCUT2D eigenvalue weighted by atomic mass is 9.82. The van der Waals surface area contributed by atoms with E-state index in [1.165, 1.54) is 50.1 Å². The predicted octanol–water partition coefficient (Wildman–Crippen LogP) is 21.7. The third-order valence-electron chi connectivity index (χ3n) is 15.5. The van der Waals surface area contributed by atoms with Crippen LogP contribution in [0.4, 0.5) is 51.2 Å². The van der Waals surface area contributed by atoms with Crippen LogP contribution in [0.1, 0.15) is 157 Å². The maximum Gasteiger partial charge on any atom is 0.0657 e. The average molecular weight is 1060 g/mol.